The molecular weight excluding hydrogens is 627 g/mol. The van der Waals surface area contributed by atoms with Crippen molar-refractivity contribution in [3.05, 3.63) is 164 Å². The molecule has 7 aromatic carbocycles. The Kier molecular flexibility index (Phi) is 5.83. The summed E-state index contributed by atoms with van der Waals surface area (Å²) in [6, 6.07) is 58.8. The summed E-state index contributed by atoms with van der Waals surface area (Å²) in [4.78, 5) is 10.5. The lowest BCUT2D eigenvalue weighted by atomic mass is 9.99. The summed E-state index contributed by atoms with van der Waals surface area (Å²) in [5, 5.41) is 6.40. The van der Waals surface area contributed by atoms with E-state index in [1.165, 1.54) is 69.8 Å². The van der Waals surface area contributed by atoms with Crippen LogP contribution in [-0.2, 0) is 0 Å². The molecule has 0 amide bonds. The first kappa shape index (κ1) is 27.6. The van der Waals surface area contributed by atoms with Crippen LogP contribution in [0.15, 0.2) is 164 Å². The summed E-state index contributed by atoms with van der Waals surface area (Å²) in [7, 11) is 0. The number of thiophene rings is 1. The fraction of sp³-hybridized carbons (Fsp3) is 0. The molecule has 4 heteroatoms. The Balaban J connectivity index is 1.21. The Hall–Kier alpha value is -6.36. The molecule has 0 aliphatic heterocycles. The molecule has 1 aliphatic carbocycles. The summed E-state index contributed by atoms with van der Waals surface area (Å²) in [5.41, 5.74) is 11.4. The van der Waals surface area contributed by atoms with Gasteiger partial charge >= 0.3 is 0 Å². The number of hydrogen-bond donors (Lipinski definition) is 0. The van der Waals surface area contributed by atoms with E-state index in [0.29, 0.717) is 5.82 Å². The number of rotatable bonds is 4. The zero-order valence-corrected chi connectivity index (χ0v) is 27.7. The fourth-order valence-electron chi connectivity index (χ4n) is 7.91. The van der Waals surface area contributed by atoms with Gasteiger partial charge in [0.15, 0.2) is 5.82 Å². The lowest BCUT2D eigenvalue weighted by molar-refractivity contribution is 1.03. The zero-order valence-electron chi connectivity index (χ0n) is 26.8. The first-order chi connectivity index (χ1) is 24.8. The second-order valence-electron chi connectivity index (χ2n) is 13.0. The Morgan fingerprint density at radius 2 is 1.14 bits per heavy atom. The average Bonchev–Trinajstić information content (AvgIpc) is 3.83. The lowest BCUT2D eigenvalue weighted by Crippen LogP contribution is -2.04. The van der Waals surface area contributed by atoms with E-state index in [1.54, 1.807) is 0 Å². The Labute approximate surface area is 292 Å². The average molecular weight is 654 g/mol. The summed E-state index contributed by atoms with van der Waals surface area (Å²) in [5.74, 6) is 1.56. The van der Waals surface area contributed by atoms with Gasteiger partial charge in [-0.25, -0.2) is 9.97 Å². The summed E-state index contributed by atoms with van der Waals surface area (Å²) in [6.45, 7) is 0. The van der Waals surface area contributed by atoms with Gasteiger partial charge in [0.2, 0.25) is 0 Å². The molecule has 0 fully saturated rings. The smallest absolute Gasteiger partial charge is 0.162 e. The van der Waals surface area contributed by atoms with Crippen LogP contribution >= 0.6 is 11.3 Å². The van der Waals surface area contributed by atoms with Crippen molar-refractivity contribution in [2.45, 2.75) is 0 Å². The van der Waals surface area contributed by atoms with Crippen molar-refractivity contribution in [2.75, 3.05) is 0 Å². The molecule has 0 bridgehead atoms. The molecule has 0 atom stereocenters. The molecule has 232 valence electrons. The van der Waals surface area contributed by atoms with Gasteiger partial charge in [0, 0.05) is 53.9 Å². The van der Waals surface area contributed by atoms with E-state index in [4.69, 9.17) is 9.97 Å². The van der Waals surface area contributed by atoms with E-state index in [9.17, 15) is 0 Å². The van der Waals surface area contributed by atoms with Crippen molar-refractivity contribution in [1.29, 1.82) is 0 Å². The lowest BCUT2D eigenvalue weighted by Gasteiger charge is -2.14. The van der Waals surface area contributed by atoms with Gasteiger partial charge in [-0.3, -0.25) is 4.57 Å². The maximum Gasteiger partial charge on any atom is 0.162 e. The van der Waals surface area contributed by atoms with Crippen molar-refractivity contribution in [1.82, 2.24) is 14.5 Å². The minimum atomic E-state index is 0.706. The SMILES string of the molecule is c1ccc(-c2cc(-n3c4c(c5ccc(-c6ccc7c(c6)sc6ccccc67)cc53)-c3cccc5cccc-4c35)nc(-c3ccccc3)n2)cc1. The van der Waals surface area contributed by atoms with Crippen LogP contribution in [0.5, 0.6) is 0 Å². The molecule has 0 unspecified atom stereocenters. The van der Waals surface area contributed by atoms with E-state index in [0.717, 1.165) is 28.2 Å². The maximum atomic E-state index is 5.35. The molecule has 0 spiro atoms. The van der Waals surface area contributed by atoms with Crippen molar-refractivity contribution >= 4 is 53.2 Å². The van der Waals surface area contributed by atoms with Gasteiger partial charge in [0.1, 0.15) is 5.82 Å². The highest BCUT2D eigenvalue weighted by atomic mass is 32.1. The Bertz CT molecular complexity index is 2910. The van der Waals surface area contributed by atoms with Crippen molar-refractivity contribution in [2.24, 2.45) is 0 Å². The molecule has 10 aromatic rings. The van der Waals surface area contributed by atoms with Crippen molar-refractivity contribution in [3.63, 3.8) is 0 Å². The monoisotopic (exact) mass is 653 g/mol. The largest absolute Gasteiger partial charge is 0.293 e. The van der Waals surface area contributed by atoms with Gasteiger partial charge < -0.3 is 0 Å². The highest BCUT2D eigenvalue weighted by Gasteiger charge is 2.30. The van der Waals surface area contributed by atoms with Crippen molar-refractivity contribution < 1.29 is 0 Å². The first-order valence-corrected chi connectivity index (χ1v) is 17.7. The topological polar surface area (TPSA) is 30.7 Å². The first-order valence-electron chi connectivity index (χ1n) is 16.9. The third kappa shape index (κ3) is 4.03. The van der Waals surface area contributed by atoms with Crippen LogP contribution in [0, 0.1) is 0 Å². The standard InChI is InChI=1S/C46H27N3S/c1-3-11-28(12-4-1)38-27-42(48-46(47-38)30-13-5-2-6-14-30)49-39-25-31(32-21-23-34-33-17-7-8-20-40(33)50-41(34)26-32)22-24-35(39)44-36-18-9-15-29-16-10-19-37(43(29)36)45(44)49/h1-27H. The normalized spacial score (nSPS) is 12.0. The van der Waals surface area contributed by atoms with Crippen LogP contribution in [0.1, 0.15) is 0 Å². The van der Waals surface area contributed by atoms with Gasteiger partial charge in [-0.2, -0.15) is 0 Å². The summed E-state index contributed by atoms with van der Waals surface area (Å²) >= 11 is 1.86. The molecule has 0 saturated carbocycles. The van der Waals surface area contributed by atoms with Crippen LogP contribution < -0.4 is 0 Å². The molecule has 0 N–H and O–H groups in total. The highest BCUT2D eigenvalue weighted by molar-refractivity contribution is 7.25. The molecule has 3 aromatic heterocycles. The van der Waals surface area contributed by atoms with E-state index in [-0.39, 0.29) is 0 Å². The fourth-order valence-corrected chi connectivity index (χ4v) is 9.05. The predicted molar refractivity (Wildman–Crippen MR) is 210 cm³/mol. The quantitative estimate of drug-likeness (QED) is 0.189. The highest BCUT2D eigenvalue weighted by Crippen LogP contribution is 2.53. The molecular formula is C46H27N3S. The molecule has 1 aliphatic rings. The minimum absolute atomic E-state index is 0.706. The van der Waals surface area contributed by atoms with Crippen LogP contribution in [-0.4, -0.2) is 14.5 Å². The number of nitrogens with zero attached hydrogens (tertiary/aromatic N) is 3. The van der Waals surface area contributed by atoms with Crippen LogP contribution in [0.25, 0.3) is 104 Å². The van der Waals surface area contributed by atoms with Crippen LogP contribution in [0.2, 0.25) is 0 Å². The third-order valence-electron chi connectivity index (χ3n) is 10.2. The van der Waals surface area contributed by atoms with Gasteiger partial charge in [-0.1, -0.05) is 140 Å². The Morgan fingerprint density at radius 3 is 1.96 bits per heavy atom. The van der Waals surface area contributed by atoms with E-state index in [1.807, 2.05) is 35.6 Å². The summed E-state index contributed by atoms with van der Waals surface area (Å²) < 4.78 is 5.01. The van der Waals surface area contributed by atoms with Gasteiger partial charge in [-0.05, 0) is 45.7 Å². The predicted octanol–water partition coefficient (Wildman–Crippen LogP) is 12.6. The van der Waals surface area contributed by atoms with E-state index >= 15 is 0 Å². The number of fused-ring (bicyclic) bond motifs is 8. The maximum absolute atomic E-state index is 5.35. The van der Waals surface area contributed by atoms with Crippen LogP contribution in [0.3, 0.4) is 0 Å². The molecule has 0 saturated heterocycles. The van der Waals surface area contributed by atoms with Gasteiger partial charge in [-0.15, -0.1) is 11.3 Å². The van der Waals surface area contributed by atoms with Gasteiger partial charge in [0.25, 0.3) is 0 Å². The second kappa shape index (κ2) is 10.6. The molecule has 0 radical (unpaired) electrons. The van der Waals surface area contributed by atoms with Crippen molar-refractivity contribution in [3.8, 4) is 62.0 Å². The second-order valence-corrected chi connectivity index (χ2v) is 14.1. The molecule has 50 heavy (non-hydrogen) atoms. The van der Waals surface area contributed by atoms with E-state index in [2.05, 4.69) is 144 Å². The summed E-state index contributed by atoms with van der Waals surface area (Å²) in [6.07, 6.45) is 0. The number of benzene rings is 7. The number of aromatic nitrogens is 3. The number of hydrogen-bond acceptors (Lipinski definition) is 3. The molecule has 3 heterocycles. The third-order valence-corrected chi connectivity index (χ3v) is 11.3. The molecule has 3 nitrogen and oxygen atoms in total. The van der Waals surface area contributed by atoms with Gasteiger partial charge in [0.05, 0.1) is 16.9 Å². The minimum Gasteiger partial charge on any atom is -0.293 e. The zero-order chi connectivity index (χ0) is 32.8. The van der Waals surface area contributed by atoms with Crippen LogP contribution in [0.4, 0.5) is 0 Å². The molecule has 11 rings (SSSR count). The Morgan fingerprint density at radius 1 is 0.460 bits per heavy atom. The van der Waals surface area contributed by atoms with E-state index < -0.39 is 0 Å².